The van der Waals surface area contributed by atoms with E-state index < -0.39 is 0 Å². The molecular weight excluding hydrogens is 174 g/mol. The van der Waals surface area contributed by atoms with Crippen molar-refractivity contribution in [1.29, 1.82) is 0 Å². The van der Waals surface area contributed by atoms with Gasteiger partial charge in [-0.05, 0) is 11.3 Å². The molecule has 3 heteroatoms. The highest BCUT2D eigenvalue weighted by atomic mass is 15.3. The van der Waals surface area contributed by atoms with E-state index in [2.05, 4.69) is 44.7 Å². The van der Waals surface area contributed by atoms with Crippen LogP contribution in [0.1, 0.15) is 40.4 Å². The summed E-state index contributed by atoms with van der Waals surface area (Å²) in [7, 11) is 0. The first-order chi connectivity index (χ1) is 6.38. The summed E-state index contributed by atoms with van der Waals surface area (Å²) in [5, 5.41) is 4.25. The van der Waals surface area contributed by atoms with Crippen molar-refractivity contribution in [3.63, 3.8) is 0 Å². The third-order valence-electron chi connectivity index (χ3n) is 1.92. The molecule has 1 aromatic rings. The standard InChI is InChI=1S/C11H21N3/c1-9(2)7-14-10(12-8-13-14)6-11(3,4)5/h8-9H,6-7H2,1-5H3. The SMILES string of the molecule is CC(C)Cn1ncnc1CC(C)(C)C. The van der Waals surface area contributed by atoms with Crippen molar-refractivity contribution in [3.05, 3.63) is 12.2 Å². The first-order valence-electron chi connectivity index (χ1n) is 5.25. The van der Waals surface area contributed by atoms with Gasteiger partial charge in [-0.1, -0.05) is 34.6 Å². The fourth-order valence-electron chi connectivity index (χ4n) is 1.40. The average Bonchev–Trinajstić information content (AvgIpc) is 2.32. The van der Waals surface area contributed by atoms with Crippen molar-refractivity contribution in [3.8, 4) is 0 Å². The van der Waals surface area contributed by atoms with Crippen LogP contribution in [-0.4, -0.2) is 14.8 Å². The molecule has 0 saturated carbocycles. The maximum atomic E-state index is 4.31. The Bertz CT molecular complexity index is 281. The van der Waals surface area contributed by atoms with Gasteiger partial charge in [0.2, 0.25) is 0 Å². The summed E-state index contributed by atoms with van der Waals surface area (Å²) < 4.78 is 2.02. The number of nitrogens with zero attached hydrogens (tertiary/aromatic N) is 3. The molecule has 0 fully saturated rings. The van der Waals surface area contributed by atoms with Crippen LogP contribution in [0.2, 0.25) is 0 Å². The van der Waals surface area contributed by atoms with Crippen molar-refractivity contribution in [2.45, 2.75) is 47.6 Å². The molecular formula is C11H21N3. The van der Waals surface area contributed by atoms with Crippen LogP contribution >= 0.6 is 0 Å². The molecule has 0 aliphatic carbocycles. The topological polar surface area (TPSA) is 30.7 Å². The number of hydrogen-bond donors (Lipinski definition) is 0. The molecule has 80 valence electrons. The molecule has 0 amide bonds. The predicted molar refractivity (Wildman–Crippen MR) is 58.0 cm³/mol. The number of hydrogen-bond acceptors (Lipinski definition) is 2. The van der Waals surface area contributed by atoms with Gasteiger partial charge in [0.15, 0.2) is 0 Å². The van der Waals surface area contributed by atoms with Crippen LogP contribution in [0.5, 0.6) is 0 Å². The van der Waals surface area contributed by atoms with Gasteiger partial charge in [-0.2, -0.15) is 5.10 Å². The van der Waals surface area contributed by atoms with Gasteiger partial charge in [-0.3, -0.25) is 0 Å². The lowest BCUT2D eigenvalue weighted by Gasteiger charge is -2.18. The van der Waals surface area contributed by atoms with E-state index in [1.165, 1.54) is 0 Å². The van der Waals surface area contributed by atoms with E-state index in [1.807, 2.05) is 4.68 Å². The lowest BCUT2D eigenvalue weighted by Crippen LogP contribution is -2.17. The Labute approximate surface area is 86.5 Å². The fourth-order valence-corrected chi connectivity index (χ4v) is 1.40. The zero-order valence-corrected chi connectivity index (χ0v) is 9.91. The van der Waals surface area contributed by atoms with Crippen LogP contribution < -0.4 is 0 Å². The maximum Gasteiger partial charge on any atom is 0.138 e. The summed E-state index contributed by atoms with van der Waals surface area (Å²) in [6.45, 7) is 12.0. The number of rotatable bonds is 3. The van der Waals surface area contributed by atoms with E-state index in [0.29, 0.717) is 5.92 Å². The Kier molecular flexibility index (Phi) is 3.29. The molecule has 0 aromatic carbocycles. The van der Waals surface area contributed by atoms with Crippen LogP contribution in [0.3, 0.4) is 0 Å². The van der Waals surface area contributed by atoms with Gasteiger partial charge in [0.05, 0.1) is 0 Å². The second-order valence-electron chi connectivity index (χ2n) is 5.49. The molecule has 1 rings (SSSR count). The monoisotopic (exact) mass is 195 g/mol. The minimum Gasteiger partial charge on any atom is -0.250 e. The summed E-state index contributed by atoms with van der Waals surface area (Å²) in [4.78, 5) is 4.31. The molecule has 0 unspecified atom stereocenters. The highest BCUT2D eigenvalue weighted by molar-refractivity contribution is 4.89. The van der Waals surface area contributed by atoms with Crippen molar-refractivity contribution in [1.82, 2.24) is 14.8 Å². The Balaban J connectivity index is 2.72. The van der Waals surface area contributed by atoms with Gasteiger partial charge in [0.1, 0.15) is 12.2 Å². The molecule has 0 radical (unpaired) electrons. The summed E-state index contributed by atoms with van der Waals surface area (Å²) >= 11 is 0. The molecule has 0 aliphatic heterocycles. The maximum absolute atomic E-state index is 4.31. The van der Waals surface area contributed by atoms with E-state index in [-0.39, 0.29) is 5.41 Å². The van der Waals surface area contributed by atoms with E-state index in [0.717, 1.165) is 18.8 Å². The largest absolute Gasteiger partial charge is 0.250 e. The molecule has 0 bridgehead atoms. The zero-order valence-electron chi connectivity index (χ0n) is 9.91. The van der Waals surface area contributed by atoms with Gasteiger partial charge in [0.25, 0.3) is 0 Å². The average molecular weight is 195 g/mol. The van der Waals surface area contributed by atoms with Crippen molar-refractivity contribution in [2.75, 3.05) is 0 Å². The molecule has 0 spiro atoms. The minimum atomic E-state index is 0.280. The minimum absolute atomic E-state index is 0.280. The van der Waals surface area contributed by atoms with Gasteiger partial charge in [0, 0.05) is 13.0 Å². The van der Waals surface area contributed by atoms with Gasteiger partial charge >= 0.3 is 0 Å². The van der Waals surface area contributed by atoms with E-state index in [4.69, 9.17) is 0 Å². The molecule has 0 atom stereocenters. The summed E-state index contributed by atoms with van der Waals surface area (Å²) in [5.74, 6) is 1.72. The van der Waals surface area contributed by atoms with Crippen LogP contribution in [0.4, 0.5) is 0 Å². The normalized spacial score (nSPS) is 12.4. The highest BCUT2D eigenvalue weighted by Crippen LogP contribution is 2.19. The Morgan fingerprint density at radius 1 is 1.36 bits per heavy atom. The van der Waals surface area contributed by atoms with E-state index >= 15 is 0 Å². The lowest BCUT2D eigenvalue weighted by molar-refractivity contribution is 0.375. The third kappa shape index (κ3) is 3.48. The first kappa shape index (κ1) is 11.2. The Morgan fingerprint density at radius 2 is 2.00 bits per heavy atom. The molecule has 0 N–H and O–H groups in total. The van der Waals surface area contributed by atoms with Crippen LogP contribution in [0, 0.1) is 11.3 Å². The Hall–Kier alpha value is -0.860. The summed E-state index contributed by atoms with van der Waals surface area (Å²) in [6.07, 6.45) is 2.64. The lowest BCUT2D eigenvalue weighted by atomic mass is 9.92. The smallest absolute Gasteiger partial charge is 0.138 e. The molecule has 1 aromatic heterocycles. The van der Waals surface area contributed by atoms with E-state index in [1.54, 1.807) is 6.33 Å². The zero-order chi connectivity index (χ0) is 10.8. The van der Waals surface area contributed by atoms with Crippen LogP contribution in [0.25, 0.3) is 0 Å². The third-order valence-corrected chi connectivity index (χ3v) is 1.92. The molecule has 0 aliphatic rings. The fraction of sp³-hybridized carbons (Fsp3) is 0.818. The van der Waals surface area contributed by atoms with Crippen LogP contribution in [-0.2, 0) is 13.0 Å². The molecule has 3 nitrogen and oxygen atoms in total. The summed E-state index contributed by atoms with van der Waals surface area (Å²) in [5.41, 5.74) is 0.280. The second-order valence-corrected chi connectivity index (χ2v) is 5.49. The predicted octanol–water partition coefficient (Wildman–Crippen LogP) is 2.52. The quantitative estimate of drug-likeness (QED) is 0.742. The van der Waals surface area contributed by atoms with Gasteiger partial charge < -0.3 is 0 Å². The number of aromatic nitrogens is 3. The Morgan fingerprint density at radius 3 is 2.50 bits per heavy atom. The highest BCUT2D eigenvalue weighted by Gasteiger charge is 2.16. The molecule has 14 heavy (non-hydrogen) atoms. The van der Waals surface area contributed by atoms with Crippen molar-refractivity contribution in [2.24, 2.45) is 11.3 Å². The van der Waals surface area contributed by atoms with E-state index in [9.17, 15) is 0 Å². The van der Waals surface area contributed by atoms with Crippen molar-refractivity contribution < 1.29 is 0 Å². The first-order valence-corrected chi connectivity index (χ1v) is 5.25. The van der Waals surface area contributed by atoms with Crippen molar-refractivity contribution >= 4 is 0 Å². The van der Waals surface area contributed by atoms with Gasteiger partial charge in [-0.15, -0.1) is 0 Å². The second kappa shape index (κ2) is 4.11. The van der Waals surface area contributed by atoms with Crippen LogP contribution in [0.15, 0.2) is 6.33 Å². The van der Waals surface area contributed by atoms with Gasteiger partial charge in [-0.25, -0.2) is 9.67 Å². The molecule has 1 heterocycles. The summed E-state index contributed by atoms with van der Waals surface area (Å²) in [6, 6.07) is 0. The molecule has 0 saturated heterocycles.